The Hall–Kier alpha value is -0.730. The molecule has 7 heteroatoms. The number of amides is 1. The first-order chi connectivity index (χ1) is 10.0. The first-order valence-corrected chi connectivity index (χ1v) is 7.52. The summed E-state index contributed by atoms with van der Waals surface area (Å²) in [6, 6.07) is -0.855. The van der Waals surface area contributed by atoms with E-state index in [1.165, 1.54) is 6.92 Å². The maximum Gasteiger partial charge on any atom is 0.217 e. The topological polar surface area (TPSA) is 108 Å². The van der Waals surface area contributed by atoms with Gasteiger partial charge in [-0.3, -0.25) is 4.79 Å². The van der Waals surface area contributed by atoms with Gasteiger partial charge in [0, 0.05) is 13.5 Å². The second-order valence-corrected chi connectivity index (χ2v) is 5.36. The molecule has 1 aliphatic heterocycles. The predicted molar refractivity (Wildman–Crippen MR) is 75.5 cm³/mol. The minimum Gasteiger partial charge on any atom is -0.394 e. The van der Waals surface area contributed by atoms with Crippen LogP contribution in [-0.2, 0) is 14.3 Å². The molecule has 5 atom stereocenters. The number of rotatable bonds is 8. The molecular formula is C14H27NO6. The lowest BCUT2D eigenvalue weighted by Crippen LogP contribution is -2.64. The predicted octanol–water partition coefficient (Wildman–Crippen LogP) is -0.473. The van der Waals surface area contributed by atoms with E-state index < -0.39 is 37.3 Å². The van der Waals surface area contributed by atoms with Gasteiger partial charge in [-0.05, 0) is 6.42 Å². The van der Waals surface area contributed by atoms with Gasteiger partial charge in [0.2, 0.25) is 5.91 Å². The molecule has 0 unspecified atom stereocenters. The average Bonchev–Trinajstić information content (AvgIpc) is 2.45. The molecule has 1 saturated heterocycles. The van der Waals surface area contributed by atoms with Crippen molar-refractivity contribution in [3.63, 3.8) is 0 Å². The molecule has 4 N–H and O–H groups in total. The zero-order chi connectivity index (χ0) is 15.8. The summed E-state index contributed by atoms with van der Waals surface area (Å²) in [5, 5.41) is 31.6. The van der Waals surface area contributed by atoms with Gasteiger partial charge in [-0.2, -0.15) is 0 Å². The van der Waals surface area contributed by atoms with Gasteiger partial charge in [0.15, 0.2) is 6.29 Å². The number of carbonyl (C=O) groups is 1. The minimum absolute atomic E-state index is 0.350. The van der Waals surface area contributed by atoms with Crippen molar-refractivity contribution in [2.75, 3.05) is 13.2 Å². The highest BCUT2D eigenvalue weighted by atomic mass is 16.7. The van der Waals surface area contributed by atoms with E-state index in [1.54, 1.807) is 0 Å². The summed E-state index contributed by atoms with van der Waals surface area (Å²) >= 11 is 0. The highest BCUT2D eigenvalue weighted by molar-refractivity contribution is 5.73. The second-order valence-electron chi connectivity index (χ2n) is 5.36. The Morgan fingerprint density at radius 1 is 1.24 bits per heavy atom. The number of ether oxygens (including phenoxy) is 2. The van der Waals surface area contributed by atoms with Gasteiger partial charge in [-0.15, -0.1) is 0 Å². The van der Waals surface area contributed by atoms with Crippen LogP contribution in [0, 0.1) is 0 Å². The summed E-state index contributed by atoms with van der Waals surface area (Å²) in [7, 11) is 0. The van der Waals surface area contributed by atoms with Crippen molar-refractivity contribution in [2.45, 2.75) is 70.2 Å². The highest BCUT2D eigenvalue weighted by Gasteiger charge is 2.45. The quantitative estimate of drug-likeness (QED) is 0.451. The molecule has 1 fully saturated rings. The van der Waals surface area contributed by atoms with Crippen molar-refractivity contribution in [1.29, 1.82) is 0 Å². The molecule has 0 spiro atoms. The lowest BCUT2D eigenvalue weighted by atomic mass is 9.97. The van der Waals surface area contributed by atoms with E-state index in [0.717, 1.165) is 25.7 Å². The van der Waals surface area contributed by atoms with Gasteiger partial charge in [0.1, 0.15) is 24.4 Å². The van der Waals surface area contributed by atoms with E-state index in [1.807, 2.05) is 0 Å². The molecule has 1 heterocycles. The van der Waals surface area contributed by atoms with Crippen LogP contribution in [-0.4, -0.2) is 65.1 Å². The molecule has 1 amide bonds. The van der Waals surface area contributed by atoms with Crippen molar-refractivity contribution >= 4 is 5.91 Å². The van der Waals surface area contributed by atoms with Crippen molar-refractivity contribution in [2.24, 2.45) is 0 Å². The van der Waals surface area contributed by atoms with E-state index in [9.17, 15) is 15.0 Å². The third-order valence-electron chi connectivity index (χ3n) is 3.53. The van der Waals surface area contributed by atoms with Crippen molar-refractivity contribution in [1.82, 2.24) is 5.32 Å². The van der Waals surface area contributed by atoms with Gasteiger partial charge >= 0.3 is 0 Å². The van der Waals surface area contributed by atoms with Crippen LogP contribution in [0.25, 0.3) is 0 Å². The highest BCUT2D eigenvalue weighted by Crippen LogP contribution is 2.22. The van der Waals surface area contributed by atoms with Crippen LogP contribution in [0.3, 0.4) is 0 Å². The van der Waals surface area contributed by atoms with E-state index in [4.69, 9.17) is 14.6 Å². The van der Waals surface area contributed by atoms with Crippen LogP contribution >= 0.6 is 0 Å². The molecule has 0 saturated carbocycles. The van der Waals surface area contributed by atoms with Gasteiger partial charge in [-0.1, -0.05) is 26.2 Å². The number of hydrogen-bond donors (Lipinski definition) is 4. The Kier molecular flexibility index (Phi) is 8.13. The first-order valence-electron chi connectivity index (χ1n) is 7.52. The Balaban J connectivity index is 2.58. The monoisotopic (exact) mass is 305 g/mol. The smallest absolute Gasteiger partial charge is 0.217 e. The van der Waals surface area contributed by atoms with Crippen molar-refractivity contribution in [3.8, 4) is 0 Å². The average molecular weight is 305 g/mol. The molecule has 21 heavy (non-hydrogen) atoms. The lowest BCUT2D eigenvalue weighted by Gasteiger charge is -2.42. The molecule has 7 nitrogen and oxygen atoms in total. The van der Waals surface area contributed by atoms with Crippen molar-refractivity contribution in [3.05, 3.63) is 0 Å². The molecule has 0 radical (unpaired) electrons. The van der Waals surface area contributed by atoms with Crippen LogP contribution in [0.15, 0.2) is 0 Å². The number of hydrogen-bond acceptors (Lipinski definition) is 6. The zero-order valence-electron chi connectivity index (χ0n) is 12.7. The summed E-state index contributed by atoms with van der Waals surface area (Å²) in [6.07, 6.45) is -0.216. The Bertz CT molecular complexity index is 314. The standard InChI is InChI=1S/C14H27NO6/c1-3-4-5-6-7-20-14-11(15-9(2)17)13(19)12(18)10(8-16)21-14/h10-14,16,18-19H,3-8H2,1-2H3,(H,15,17)/t10-,11-,12-,13-,14-/m0/s1. The number of nitrogens with one attached hydrogen (secondary N) is 1. The fourth-order valence-electron chi connectivity index (χ4n) is 2.34. The fourth-order valence-corrected chi connectivity index (χ4v) is 2.34. The van der Waals surface area contributed by atoms with Crippen molar-refractivity contribution < 1.29 is 29.6 Å². The molecule has 0 aromatic heterocycles. The summed E-state index contributed by atoms with van der Waals surface area (Å²) in [6.45, 7) is 3.43. The Morgan fingerprint density at radius 2 is 1.95 bits per heavy atom. The van der Waals surface area contributed by atoms with E-state index in [0.29, 0.717) is 6.61 Å². The summed E-state index contributed by atoms with van der Waals surface area (Å²) < 4.78 is 11.0. The SMILES string of the molecule is CCCCCCO[C@H]1O[C@@H](CO)[C@H](O)[C@@H](O)[C@@H]1NC(C)=O. The molecule has 1 aliphatic rings. The molecule has 1 rings (SSSR count). The minimum atomic E-state index is -1.27. The van der Waals surface area contributed by atoms with Crippen LogP contribution in [0.1, 0.15) is 39.5 Å². The normalized spacial score (nSPS) is 32.9. The third-order valence-corrected chi connectivity index (χ3v) is 3.53. The molecule has 0 aliphatic carbocycles. The van der Waals surface area contributed by atoms with Gasteiger partial charge in [0.05, 0.1) is 6.61 Å². The number of aliphatic hydroxyl groups is 3. The third kappa shape index (κ3) is 5.52. The Labute approximate surface area is 125 Å². The maximum atomic E-state index is 11.2. The maximum absolute atomic E-state index is 11.2. The van der Waals surface area contributed by atoms with E-state index in [2.05, 4.69) is 12.2 Å². The zero-order valence-corrected chi connectivity index (χ0v) is 12.7. The van der Waals surface area contributed by atoms with E-state index in [-0.39, 0.29) is 5.91 Å². The summed E-state index contributed by atoms with van der Waals surface area (Å²) in [5.41, 5.74) is 0. The van der Waals surface area contributed by atoms with Gasteiger partial charge in [-0.25, -0.2) is 0 Å². The lowest BCUT2D eigenvalue weighted by molar-refractivity contribution is -0.270. The van der Waals surface area contributed by atoms with Gasteiger partial charge < -0.3 is 30.1 Å². The largest absolute Gasteiger partial charge is 0.394 e. The van der Waals surface area contributed by atoms with Crippen LogP contribution < -0.4 is 5.32 Å². The Morgan fingerprint density at radius 3 is 2.52 bits per heavy atom. The number of aliphatic hydroxyl groups excluding tert-OH is 3. The molecule has 0 aromatic carbocycles. The molecule has 0 bridgehead atoms. The summed E-state index contributed by atoms with van der Waals surface area (Å²) in [5.74, 6) is -0.350. The molecular weight excluding hydrogens is 278 g/mol. The van der Waals surface area contributed by atoms with Crippen LogP contribution in [0.5, 0.6) is 0 Å². The molecule has 124 valence electrons. The number of unbranched alkanes of at least 4 members (excludes halogenated alkanes) is 3. The fraction of sp³-hybridized carbons (Fsp3) is 0.929. The number of carbonyl (C=O) groups excluding carboxylic acids is 1. The molecule has 0 aromatic rings. The van der Waals surface area contributed by atoms with E-state index >= 15 is 0 Å². The summed E-state index contributed by atoms with van der Waals surface area (Å²) in [4.78, 5) is 11.2. The van der Waals surface area contributed by atoms with Gasteiger partial charge in [0.25, 0.3) is 0 Å². The van der Waals surface area contributed by atoms with Crippen LogP contribution in [0.2, 0.25) is 0 Å². The first kappa shape index (κ1) is 18.3. The van der Waals surface area contributed by atoms with Crippen LogP contribution in [0.4, 0.5) is 0 Å². The second kappa shape index (κ2) is 9.32.